The van der Waals surface area contributed by atoms with Crippen LogP contribution in [0.2, 0.25) is 0 Å². The van der Waals surface area contributed by atoms with E-state index in [9.17, 15) is 19.8 Å². The van der Waals surface area contributed by atoms with Crippen molar-refractivity contribution < 1.29 is 24.5 Å². The van der Waals surface area contributed by atoms with Crippen LogP contribution in [-0.4, -0.2) is 46.9 Å². The number of esters is 1. The molecule has 0 saturated heterocycles. The molecule has 0 heterocycles. The number of allylic oxidation sites excluding steroid dienone is 2. The summed E-state index contributed by atoms with van der Waals surface area (Å²) in [7, 11) is 0. The van der Waals surface area contributed by atoms with Crippen LogP contribution >= 0.6 is 0 Å². The maximum atomic E-state index is 13.2. The summed E-state index contributed by atoms with van der Waals surface area (Å²) >= 11 is 0. The molecule has 3 N–H and O–H groups in total. The molecule has 0 aromatic carbocycles. The Morgan fingerprint density at radius 3 is 1.25 bits per heavy atom. The molecule has 0 fully saturated rings. The fraction of sp³-hybridized carbons (Fsp3) is 0.922. The largest absolute Gasteiger partial charge is 0.462 e. The Hall–Kier alpha value is -1.40. The van der Waals surface area contributed by atoms with Crippen molar-refractivity contribution in [2.45, 2.75) is 296 Å². The first-order chi connectivity index (χ1) is 28.0. The summed E-state index contributed by atoms with van der Waals surface area (Å²) in [6, 6.07) is -0.697. The zero-order valence-electron chi connectivity index (χ0n) is 38.5. The van der Waals surface area contributed by atoms with Gasteiger partial charge in [-0.25, -0.2) is 0 Å². The molecular weight excluding hydrogens is 707 g/mol. The van der Waals surface area contributed by atoms with E-state index in [1.54, 1.807) is 0 Å². The predicted octanol–water partition coefficient (Wildman–Crippen LogP) is 15.0. The number of ether oxygens (including phenoxy) is 1. The molecule has 338 valence electrons. The quantitative estimate of drug-likeness (QED) is 0.0323. The van der Waals surface area contributed by atoms with Gasteiger partial charge in [0.2, 0.25) is 5.91 Å². The number of carbonyl (C=O) groups excluding carboxylic acids is 2. The van der Waals surface area contributed by atoms with Gasteiger partial charge in [0.05, 0.1) is 25.2 Å². The summed E-state index contributed by atoms with van der Waals surface area (Å²) < 4.78 is 5.91. The lowest BCUT2D eigenvalue weighted by Crippen LogP contribution is -2.46. The first kappa shape index (κ1) is 55.6. The topological polar surface area (TPSA) is 95.9 Å². The van der Waals surface area contributed by atoms with Gasteiger partial charge in [0, 0.05) is 6.42 Å². The minimum Gasteiger partial charge on any atom is -0.462 e. The third-order valence-corrected chi connectivity index (χ3v) is 11.8. The number of hydrogen-bond donors (Lipinski definition) is 3. The number of aliphatic hydroxyl groups excluding tert-OH is 2. The number of carbonyl (C=O) groups is 2. The van der Waals surface area contributed by atoms with E-state index in [1.807, 2.05) is 0 Å². The lowest BCUT2D eigenvalue weighted by Gasteiger charge is -2.24. The molecule has 1 amide bonds. The van der Waals surface area contributed by atoms with Gasteiger partial charge in [-0.2, -0.15) is 0 Å². The highest BCUT2D eigenvalue weighted by atomic mass is 16.5. The molecule has 0 rings (SSSR count). The summed E-state index contributed by atoms with van der Waals surface area (Å²) in [4.78, 5) is 26.1. The van der Waals surface area contributed by atoms with Crippen molar-refractivity contribution in [3.8, 4) is 0 Å². The van der Waals surface area contributed by atoms with Crippen molar-refractivity contribution in [1.82, 2.24) is 5.32 Å². The normalized spacial score (nSPS) is 13.3. The summed E-state index contributed by atoms with van der Waals surface area (Å²) in [5.74, 6) is -0.478. The third kappa shape index (κ3) is 41.1. The Morgan fingerprint density at radius 1 is 0.491 bits per heavy atom. The number of amides is 1. The zero-order valence-corrected chi connectivity index (χ0v) is 38.5. The highest BCUT2D eigenvalue weighted by molar-refractivity contribution is 5.77. The lowest BCUT2D eigenvalue weighted by atomic mass is 10.0. The van der Waals surface area contributed by atoms with Gasteiger partial charge in [0.25, 0.3) is 0 Å². The van der Waals surface area contributed by atoms with Gasteiger partial charge in [0.1, 0.15) is 6.10 Å². The molecule has 0 saturated carbocycles. The molecular formula is C51H99NO5. The standard InChI is InChI=1S/C51H99NO5/c1-4-7-10-13-16-19-22-24-26-28-31-34-37-40-43-49(54)48(46-53)52-50(55)45-47(42-39-36-33-30-27-21-18-15-12-9-6-3)57-51(56)44-41-38-35-32-29-25-23-20-17-14-11-8-5-2/h25,29,47-49,53-54H,4-24,26-28,30-46H2,1-3H3,(H,52,55)/b29-25-. The van der Waals surface area contributed by atoms with Crippen molar-refractivity contribution in [1.29, 1.82) is 0 Å². The lowest BCUT2D eigenvalue weighted by molar-refractivity contribution is -0.151. The molecule has 0 spiro atoms. The molecule has 0 aliphatic heterocycles. The predicted molar refractivity (Wildman–Crippen MR) is 246 cm³/mol. The van der Waals surface area contributed by atoms with E-state index in [0.717, 1.165) is 51.4 Å². The molecule has 0 radical (unpaired) electrons. The first-order valence-electron chi connectivity index (χ1n) is 25.4. The minimum atomic E-state index is -0.783. The van der Waals surface area contributed by atoms with E-state index in [-0.39, 0.29) is 24.9 Å². The maximum absolute atomic E-state index is 13.2. The van der Waals surface area contributed by atoms with Crippen LogP contribution in [0.4, 0.5) is 0 Å². The first-order valence-corrected chi connectivity index (χ1v) is 25.4. The summed E-state index contributed by atoms with van der Waals surface area (Å²) in [5.41, 5.74) is 0. The van der Waals surface area contributed by atoms with E-state index < -0.39 is 18.2 Å². The number of nitrogens with one attached hydrogen (secondary N) is 1. The second-order valence-corrected chi connectivity index (χ2v) is 17.6. The van der Waals surface area contributed by atoms with Crippen molar-refractivity contribution >= 4 is 11.9 Å². The van der Waals surface area contributed by atoms with Crippen molar-refractivity contribution in [3.63, 3.8) is 0 Å². The van der Waals surface area contributed by atoms with Crippen LogP contribution in [-0.2, 0) is 14.3 Å². The van der Waals surface area contributed by atoms with E-state index >= 15 is 0 Å². The van der Waals surface area contributed by atoms with E-state index in [4.69, 9.17) is 4.74 Å². The van der Waals surface area contributed by atoms with Crippen LogP contribution in [0.3, 0.4) is 0 Å². The van der Waals surface area contributed by atoms with Crippen LogP contribution in [0.5, 0.6) is 0 Å². The summed E-state index contributed by atoms with van der Waals surface area (Å²) in [6.45, 7) is 6.48. The average molecular weight is 806 g/mol. The van der Waals surface area contributed by atoms with Crippen molar-refractivity contribution in [2.75, 3.05) is 6.61 Å². The van der Waals surface area contributed by atoms with E-state index in [0.29, 0.717) is 19.3 Å². The molecule has 0 aromatic heterocycles. The van der Waals surface area contributed by atoms with Gasteiger partial charge >= 0.3 is 5.97 Å². The monoisotopic (exact) mass is 806 g/mol. The van der Waals surface area contributed by atoms with Crippen LogP contribution in [0.25, 0.3) is 0 Å². The Balaban J connectivity index is 4.51. The van der Waals surface area contributed by atoms with Crippen LogP contribution in [0.1, 0.15) is 278 Å². The third-order valence-electron chi connectivity index (χ3n) is 11.8. The highest BCUT2D eigenvalue weighted by Gasteiger charge is 2.24. The minimum absolute atomic E-state index is 0.0783. The maximum Gasteiger partial charge on any atom is 0.306 e. The Bertz CT molecular complexity index is 863. The second-order valence-electron chi connectivity index (χ2n) is 17.6. The van der Waals surface area contributed by atoms with Crippen LogP contribution in [0, 0.1) is 0 Å². The summed E-state index contributed by atoms with van der Waals surface area (Å²) in [5, 5.41) is 23.7. The van der Waals surface area contributed by atoms with Crippen molar-refractivity contribution in [3.05, 3.63) is 12.2 Å². The summed E-state index contributed by atoms with van der Waals surface area (Å²) in [6.07, 6.45) is 49.8. The Kier molecular flexibility index (Phi) is 44.6. The molecule has 0 aromatic rings. The molecule has 6 nitrogen and oxygen atoms in total. The molecule has 3 unspecified atom stereocenters. The second kappa shape index (κ2) is 45.7. The molecule has 57 heavy (non-hydrogen) atoms. The average Bonchev–Trinajstić information content (AvgIpc) is 3.20. The highest BCUT2D eigenvalue weighted by Crippen LogP contribution is 2.18. The number of unbranched alkanes of at least 4 members (excludes halogenated alkanes) is 32. The van der Waals surface area contributed by atoms with Crippen LogP contribution in [0.15, 0.2) is 12.2 Å². The van der Waals surface area contributed by atoms with Gasteiger partial charge < -0.3 is 20.3 Å². The molecule has 0 aliphatic carbocycles. The van der Waals surface area contributed by atoms with E-state index in [1.165, 1.54) is 180 Å². The Labute approximate surface area is 355 Å². The smallest absolute Gasteiger partial charge is 0.306 e. The Morgan fingerprint density at radius 2 is 0.842 bits per heavy atom. The molecule has 3 atom stereocenters. The fourth-order valence-corrected chi connectivity index (χ4v) is 7.96. The SMILES string of the molecule is CCCCCCCC/C=C\CCCCCC(=O)OC(CCCCCCCCCCCCC)CC(=O)NC(CO)C(O)CCCCCCCCCCCCCCCC. The number of rotatable bonds is 46. The van der Waals surface area contributed by atoms with Crippen molar-refractivity contribution in [2.24, 2.45) is 0 Å². The fourth-order valence-electron chi connectivity index (χ4n) is 7.96. The van der Waals surface area contributed by atoms with Gasteiger partial charge in [0.15, 0.2) is 0 Å². The van der Waals surface area contributed by atoms with Gasteiger partial charge in [-0.1, -0.05) is 226 Å². The van der Waals surface area contributed by atoms with Gasteiger partial charge in [-0.05, 0) is 51.4 Å². The van der Waals surface area contributed by atoms with E-state index in [2.05, 4.69) is 38.2 Å². The zero-order chi connectivity index (χ0) is 41.7. The number of hydrogen-bond acceptors (Lipinski definition) is 5. The molecule has 0 aliphatic rings. The molecule has 0 bridgehead atoms. The number of aliphatic hydroxyl groups is 2. The van der Waals surface area contributed by atoms with Crippen LogP contribution < -0.4 is 5.32 Å². The van der Waals surface area contributed by atoms with Gasteiger partial charge in [-0.3, -0.25) is 9.59 Å². The molecule has 6 heteroatoms. The van der Waals surface area contributed by atoms with Gasteiger partial charge in [-0.15, -0.1) is 0 Å².